The van der Waals surface area contributed by atoms with Gasteiger partial charge in [0.05, 0.1) is 11.8 Å². The van der Waals surface area contributed by atoms with E-state index in [0.717, 1.165) is 25.7 Å². The number of carbonyl (C=O) groups is 4. The Balaban J connectivity index is 1.02. The van der Waals surface area contributed by atoms with Crippen molar-refractivity contribution in [3.8, 4) is 17.4 Å². The molecule has 4 heterocycles. The molecule has 9 unspecified atom stereocenters. The molecule has 3 N–H and O–H groups in total. The number of hydrogen-bond donors (Lipinski definition) is 3. The largest absolute Gasteiger partial charge is 0.586 e. The van der Waals surface area contributed by atoms with E-state index in [1.54, 1.807) is 0 Å². The number of alkyl halides is 2. The Hall–Kier alpha value is -4.74. The zero-order valence-corrected chi connectivity index (χ0v) is 33.0. The van der Waals surface area contributed by atoms with Crippen molar-refractivity contribution in [2.24, 2.45) is 29.6 Å². The molecule has 7 aliphatic rings. The third kappa shape index (κ3) is 7.52. The minimum absolute atomic E-state index is 0.0308. The lowest BCUT2D eigenvalue weighted by molar-refractivity contribution is -0.286. The molecule has 1 aromatic heterocycles. The molecule has 9 atom stereocenters. The number of aromatic nitrogens is 1. The quantitative estimate of drug-likeness (QED) is 0.338. The average molecular weight is 828 g/mol. The fourth-order valence-corrected chi connectivity index (χ4v) is 10.8. The first kappa shape index (κ1) is 38.8. The van der Waals surface area contributed by atoms with Crippen LogP contribution in [0.3, 0.4) is 0 Å². The van der Waals surface area contributed by atoms with Gasteiger partial charge in [0.2, 0.25) is 27.7 Å². The summed E-state index contributed by atoms with van der Waals surface area (Å²) < 4.78 is 77.6. The van der Waals surface area contributed by atoms with Gasteiger partial charge in [-0.15, -0.1) is 8.78 Å². The van der Waals surface area contributed by atoms with Crippen molar-refractivity contribution < 1.29 is 55.3 Å². The van der Waals surface area contributed by atoms with Crippen LogP contribution < -0.4 is 29.6 Å². The van der Waals surface area contributed by atoms with Gasteiger partial charge in [-0.1, -0.05) is 26.0 Å². The molecular weight excluding hydrogens is 781 g/mol. The summed E-state index contributed by atoms with van der Waals surface area (Å²) >= 11 is 0. The summed E-state index contributed by atoms with van der Waals surface area (Å²) in [6.07, 6.45) is 5.06. The molecule has 5 fully saturated rings. The van der Waals surface area contributed by atoms with E-state index < -0.39 is 75.0 Å². The predicted molar refractivity (Wildman–Crippen MR) is 201 cm³/mol. The van der Waals surface area contributed by atoms with Gasteiger partial charge in [0.25, 0.3) is 5.91 Å². The second kappa shape index (κ2) is 14.2. The molecule has 0 spiro atoms. The second-order valence-corrected chi connectivity index (χ2v) is 19.4. The molecule has 312 valence electrons. The number of halogens is 2. The Morgan fingerprint density at radius 2 is 1.76 bits per heavy atom. The normalized spacial score (nSPS) is 35.1. The molecule has 4 saturated carbocycles. The van der Waals surface area contributed by atoms with Crippen LogP contribution in [0.5, 0.6) is 17.4 Å². The second-order valence-electron chi connectivity index (χ2n) is 17.4. The molecule has 1 saturated heterocycles. The maximum absolute atomic E-state index is 14.9. The minimum atomic E-state index is -3.95. The van der Waals surface area contributed by atoms with Gasteiger partial charge in [0.15, 0.2) is 11.5 Å². The summed E-state index contributed by atoms with van der Waals surface area (Å²) in [7, 11) is -3.95. The van der Waals surface area contributed by atoms with Gasteiger partial charge in [-0.2, -0.15) is 0 Å². The smallest absolute Gasteiger partial charge is 0.472 e. The number of amides is 4. The number of hydrogen-bond acceptors (Lipinski definition) is 11. The minimum Gasteiger partial charge on any atom is -0.472 e. The van der Waals surface area contributed by atoms with Crippen LogP contribution >= 0.6 is 0 Å². The molecule has 1 aromatic carbocycles. The SMILES string of the molecule is CC1CCC=CC2CC2(C(=O)NS(=O)(=O)C2CC2)NC(=O)C2CC(Oc3nccc4c5c(ccc34)OC(F)(F)O5)CN2C(=O)C(NC(=O)OC2CC3CC3C2)C(C)C1. The third-order valence-corrected chi connectivity index (χ3v) is 14.7. The number of rotatable bonds is 7. The average Bonchev–Trinajstić information content (AvgIpc) is 4.12. The van der Waals surface area contributed by atoms with Crippen LogP contribution in [0, 0.1) is 29.6 Å². The number of ether oxygens (including phenoxy) is 4. The Labute approximate surface area is 334 Å². The maximum Gasteiger partial charge on any atom is 0.586 e. The molecule has 0 radical (unpaired) electrons. The van der Waals surface area contributed by atoms with E-state index in [0.29, 0.717) is 42.9 Å². The number of sulfonamides is 1. The lowest BCUT2D eigenvalue weighted by Gasteiger charge is -2.33. The highest BCUT2D eigenvalue weighted by atomic mass is 32.2. The van der Waals surface area contributed by atoms with Crippen LogP contribution in [0.1, 0.15) is 78.1 Å². The number of fused-ring (bicyclic) bond motifs is 6. The summed E-state index contributed by atoms with van der Waals surface area (Å²) in [5.41, 5.74) is -1.58. The highest BCUT2D eigenvalue weighted by molar-refractivity contribution is 7.91. The fourth-order valence-electron chi connectivity index (χ4n) is 9.45. The van der Waals surface area contributed by atoms with Gasteiger partial charge in [-0.25, -0.2) is 18.2 Å². The van der Waals surface area contributed by atoms with E-state index in [1.165, 1.54) is 29.3 Å². The molecule has 3 aliphatic heterocycles. The molecule has 4 amide bonds. The van der Waals surface area contributed by atoms with E-state index in [9.17, 15) is 36.4 Å². The molecule has 4 aliphatic carbocycles. The first-order valence-corrected chi connectivity index (χ1v) is 21.8. The molecule has 9 rings (SSSR count). The summed E-state index contributed by atoms with van der Waals surface area (Å²) in [5.74, 6) is -2.04. The molecule has 2 aromatic rings. The first-order valence-electron chi connectivity index (χ1n) is 20.3. The number of pyridine rings is 1. The number of alkyl carbamates (subject to hydrolysis) is 1. The number of nitrogens with zero attached hydrogens (tertiary/aromatic N) is 2. The van der Waals surface area contributed by atoms with Gasteiger partial charge in [0.1, 0.15) is 29.8 Å². The highest BCUT2D eigenvalue weighted by Gasteiger charge is 2.62. The van der Waals surface area contributed by atoms with Crippen molar-refractivity contribution >= 4 is 44.6 Å². The van der Waals surface area contributed by atoms with Crippen molar-refractivity contribution in [2.45, 2.75) is 119 Å². The monoisotopic (exact) mass is 827 g/mol. The highest BCUT2D eigenvalue weighted by Crippen LogP contribution is 2.53. The molecule has 15 nitrogen and oxygen atoms in total. The summed E-state index contributed by atoms with van der Waals surface area (Å²) in [6.45, 7) is 3.79. The van der Waals surface area contributed by atoms with Crippen LogP contribution in [-0.2, 0) is 29.1 Å². The van der Waals surface area contributed by atoms with Gasteiger partial charge in [-0.3, -0.25) is 19.1 Å². The van der Waals surface area contributed by atoms with E-state index in [4.69, 9.17) is 14.2 Å². The Kier molecular flexibility index (Phi) is 9.50. The van der Waals surface area contributed by atoms with Gasteiger partial charge >= 0.3 is 12.4 Å². The van der Waals surface area contributed by atoms with Crippen molar-refractivity contribution in [1.29, 1.82) is 0 Å². The summed E-state index contributed by atoms with van der Waals surface area (Å²) in [4.78, 5) is 62.3. The van der Waals surface area contributed by atoms with E-state index in [1.807, 2.05) is 19.1 Å². The first-order chi connectivity index (χ1) is 27.6. The molecular formula is C40H47F2N5O10S. The third-order valence-electron chi connectivity index (χ3n) is 12.9. The van der Waals surface area contributed by atoms with Crippen molar-refractivity contribution in [3.63, 3.8) is 0 Å². The number of carbonyl (C=O) groups excluding carboxylic acids is 4. The lowest BCUT2D eigenvalue weighted by atomic mass is 9.88. The van der Waals surface area contributed by atoms with E-state index >= 15 is 0 Å². The van der Waals surface area contributed by atoms with Gasteiger partial charge < -0.3 is 34.5 Å². The summed E-state index contributed by atoms with van der Waals surface area (Å²) in [6, 6.07) is 1.96. The van der Waals surface area contributed by atoms with Crippen molar-refractivity contribution in [1.82, 2.24) is 25.2 Å². The lowest BCUT2D eigenvalue weighted by Crippen LogP contribution is -2.59. The molecule has 0 bridgehead atoms. The van der Waals surface area contributed by atoms with Gasteiger partial charge in [-0.05, 0) is 99.7 Å². The van der Waals surface area contributed by atoms with Crippen LogP contribution in [0.25, 0.3) is 10.8 Å². The van der Waals surface area contributed by atoms with Gasteiger partial charge in [0, 0.05) is 29.3 Å². The zero-order chi connectivity index (χ0) is 40.7. The zero-order valence-electron chi connectivity index (χ0n) is 32.2. The van der Waals surface area contributed by atoms with E-state index in [-0.39, 0.29) is 60.1 Å². The van der Waals surface area contributed by atoms with Crippen molar-refractivity contribution in [3.05, 3.63) is 36.5 Å². The molecule has 58 heavy (non-hydrogen) atoms. The van der Waals surface area contributed by atoms with Crippen molar-refractivity contribution in [2.75, 3.05) is 6.54 Å². The predicted octanol–water partition coefficient (Wildman–Crippen LogP) is 4.29. The fraction of sp³-hybridized carbons (Fsp3) is 0.625. The Bertz CT molecular complexity index is 2180. The standard InChI is InChI=1S/C40H47F2N5O10S/c1-20-5-3-4-6-24-18-39(24,37(50)46-58(52,53)27-7-8-27)45-34(48)30-17-26(54-35-29-9-10-31-33(28(29)11-12-43-35)57-40(41,42)56-31)19-47(30)36(49)32(21(2)13-20)44-38(51)55-25-15-22-14-23(22)16-25/h4,6,9-12,20-27,30,32H,3,5,7-8,13-19H2,1-2H3,(H,44,51)(H,45,48)(H,46,50). The summed E-state index contributed by atoms with van der Waals surface area (Å²) in [5, 5.41) is 5.59. The van der Waals surface area contributed by atoms with Crippen LogP contribution in [0.2, 0.25) is 0 Å². The van der Waals surface area contributed by atoms with Crippen LogP contribution in [0.15, 0.2) is 36.5 Å². The Morgan fingerprint density at radius 3 is 2.52 bits per heavy atom. The van der Waals surface area contributed by atoms with Crippen LogP contribution in [0.4, 0.5) is 13.6 Å². The number of nitrogens with one attached hydrogen (secondary N) is 3. The number of allylic oxidation sites excluding steroid dienone is 1. The van der Waals surface area contributed by atoms with E-state index in [2.05, 4.69) is 32.0 Å². The molecule has 18 heteroatoms. The Morgan fingerprint density at radius 1 is 0.983 bits per heavy atom. The number of benzene rings is 1. The maximum atomic E-state index is 14.9. The topological polar surface area (TPSA) is 192 Å². The van der Waals surface area contributed by atoms with Crippen LogP contribution in [-0.4, -0.2) is 90.0 Å².